The molecule has 23 heavy (non-hydrogen) atoms. The van der Waals surface area contributed by atoms with E-state index < -0.39 is 6.10 Å². The lowest BCUT2D eigenvalue weighted by Gasteiger charge is -2.15. The lowest BCUT2D eigenvalue weighted by Crippen LogP contribution is -2.12. The number of aliphatic hydroxyl groups is 1. The van der Waals surface area contributed by atoms with Crippen LogP contribution in [0.3, 0.4) is 0 Å². The maximum atomic E-state index is 10.4. The third-order valence-corrected chi connectivity index (χ3v) is 3.98. The molecule has 3 heteroatoms. The molecule has 2 N–H and O–H groups in total. The molecule has 0 amide bonds. The minimum Gasteiger partial charge on any atom is -0.507 e. The average molecular weight is 305 g/mol. The van der Waals surface area contributed by atoms with Crippen molar-refractivity contribution >= 4 is 17.0 Å². The molecule has 2 atom stereocenters. The van der Waals surface area contributed by atoms with E-state index in [1.807, 2.05) is 67.6 Å². The number of aliphatic hydroxyl groups excluding tert-OH is 1. The van der Waals surface area contributed by atoms with Gasteiger partial charge in [-0.15, -0.1) is 0 Å². The number of rotatable bonds is 4. The fraction of sp³-hybridized carbons (Fsp3) is 0.150. The first-order chi connectivity index (χ1) is 11.2. The van der Waals surface area contributed by atoms with Gasteiger partial charge in [0, 0.05) is 11.8 Å². The van der Waals surface area contributed by atoms with E-state index in [4.69, 9.17) is 0 Å². The molecule has 0 aromatic heterocycles. The highest BCUT2D eigenvalue weighted by atomic mass is 16.3. The third kappa shape index (κ3) is 3.25. The predicted octanol–water partition coefficient (Wildman–Crippen LogP) is 4.09. The highest BCUT2D eigenvalue weighted by molar-refractivity contribution is 6.02. The van der Waals surface area contributed by atoms with Gasteiger partial charge >= 0.3 is 0 Å². The van der Waals surface area contributed by atoms with Crippen LogP contribution in [-0.4, -0.2) is 22.5 Å². The monoisotopic (exact) mass is 305 g/mol. The van der Waals surface area contributed by atoms with Crippen molar-refractivity contribution in [1.29, 1.82) is 0 Å². The van der Waals surface area contributed by atoms with Crippen molar-refractivity contribution in [3.63, 3.8) is 0 Å². The topological polar surface area (TPSA) is 52.8 Å². The van der Waals surface area contributed by atoms with Crippen molar-refractivity contribution in [3.8, 4) is 5.75 Å². The normalized spacial score (nSPS) is 14.2. The summed E-state index contributed by atoms with van der Waals surface area (Å²) in [5, 5.41) is 22.5. The zero-order valence-corrected chi connectivity index (χ0v) is 12.9. The molecule has 3 aromatic rings. The quantitative estimate of drug-likeness (QED) is 0.713. The SMILES string of the molecule is C[C@H](N=Cc1c(O)ccc2ccccc12)[C@H](O)c1ccccc1. The second kappa shape index (κ2) is 6.63. The van der Waals surface area contributed by atoms with Crippen LogP contribution in [0.15, 0.2) is 71.7 Å². The van der Waals surface area contributed by atoms with E-state index in [9.17, 15) is 10.2 Å². The number of phenolic OH excluding ortho intramolecular Hbond substituents is 1. The lowest BCUT2D eigenvalue weighted by atomic mass is 10.0. The number of benzene rings is 3. The zero-order chi connectivity index (χ0) is 16.2. The molecule has 116 valence electrons. The minimum absolute atomic E-state index is 0.189. The molecule has 0 aliphatic carbocycles. The van der Waals surface area contributed by atoms with Crippen LogP contribution in [0.2, 0.25) is 0 Å². The maximum Gasteiger partial charge on any atom is 0.124 e. The summed E-state index contributed by atoms with van der Waals surface area (Å²) >= 11 is 0. The number of aliphatic imine (C=N–C) groups is 1. The summed E-state index contributed by atoms with van der Waals surface area (Å²) in [5.74, 6) is 0.189. The van der Waals surface area contributed by atoms with E-state index in [2.05, 4.69) is 4.99 Å². The largest absolute Gasteiger partial charge is 0.507 e. The summed E-state index contributed by atoms with van der Waals surface area (Å²) in [6, 6.07) is 20.5. The van der Waals surface area contributed by atoms with Crippen LogP contribution in [-0.2, 0) is 0 Å². The summed E-state index contributed by atoms with van der Waals surface area (Å²) in [6.45, 7) is 1.86. The molecular formula is C20H19NO2. The van der Waals surface area contributed by atoms with Gasteiger partial charge in [-0.2, -0.15) is 0 Å². The number of nitrogens with zero attached hydrogens (tertiary/aromatic N) is 1. The molecule has 0 saturated carbocycles. The smallest absolute Gasteiger partial charge is 0.124 e. The number of hydrogen-bond acceptors (Lipinski definition) is 3. The van der Waals surface area contributed by atoms with Gasteiger partial charge in [-0.25, -0.2) is 0 Å². The van der Waals surface area contributed by atoms with Crippen LogP contribution in [0, 0.1) is 0 Å². The number of aromatic hydroxyl groups is 1. The Morgan fingerprint density at radius 2 is 1.61 bits per heavy atom. The van der Waals surface area contributed by atoms with Gasteiger partial charge in [0.15, 0.2) is 0 Å². The zero-order valence-electron chi connectivity index (χ0n) is 12.9. The fourth-order valence-electron chi connectivity index (χ4n) is 2.62. The van der Waals surface area contributed by atoms with Gasteiger partial charge in [0.1, 0.15) is 11.9 Å². The van der Waals surface area contributed by atoms with Gasteiger partial charge in [-0.3, -0.25) is 4.99 Å². The first-order valence-corrected chi connectivity index (χ1v) is 7.63. The summed E-state index contributed by atoms with van der Waals surface area (Å²) in [7, 11) is 0. The number of fused-ring (bicyclic) bond motifs is 1. The molecule has 0 heterocycles. The Kier molecular flexibility index (Phi) is 4.40. The maximum absolute atomic E-state index is 10.4. The minimum atomic E-state index is -0.676. The van der Waals surface area contributed by atoms with Crippen molar-refractivity contribution in [2.45, 2.75) is 19.1 Å². The van der Waals surface area contributed by atoms with Gasteiger partial charge in [0.25, 0.3) is 0 Å². The Balaban J connectivity index is 1.89. The summed E-state index contributed by atoms with van der Waals surface area (Å²) < 4.78 is 0. The molecule has 3 rings (SSSR count). The molecule has 3 nitrogen and oxygen atoms in total. The van der Waals surface area contributed by atoms with E-state index in [-0.39, 0.29) is 11.8 Å². The molecule has 0 saturated heterocycles. The standard InChI is InChI=1S/C20H19NO2/c1-14(20(23)16-8-3-2-4-9-16)21-13-18-17-10-6-5-7-15(17)11-12-19(18)22/h2-14,20,22-23H,1H3/t14-,20-/m0/s1. The molecule has 0 radical (unpaired) electrons. The van der Waals surface area contributed by atoms with Gasteiger partial charge in [-0.1, -0.05) is 60.7 Å². The molecule has 0 fully saturated rings. The van der Waals surface area contributed by atoms with Crippen molar-refractivity contribution in [2.75, 3.05) is 0 Å². The van der Waals surface area contributed by atoms with Crippen LogP contribution in [0.1, 0.15) is 24.2 Å². The second-order valence-corrected chi connectivity index (χ2v) is 5.59. The summed E-state index contributed by atoms with van der Waals surface area (Å²) in [5.41, 5.74) is 1.51. The first-order valence-electron chi connectivity index (χ1n) is 7.63. The average Bonchev–Trinajstić information content (AvgIpc) is 2.60. The molecule has 0 unspecified atom stereocenters. The third-order valence-electron chi connectivity index (χ3n) is 3.98. The fourth-order valence-corrected chi connectivity index (χ4v) is 2.62. The second-order valence-electron chi connectivity index (χ2n) is 5.59. The summed E-state index contributed by atoms with van der Waals surface area (Å²) in [6.07, 6.45) is 0.971. The van der Waals surface area contributed by atoms with E-state index in [0.717, 1.165) is 16.3 Å². The van der Waals surface area contributed by atoms with Gasteiger partial charge < -0.3 is 10.2 Å². The van der Waals surface area contributed by atoms with Crippen LogP contribution in [0.5, 0.6) is 5.75 Å². The van der Waals surface area contributed by atoms with E-state index in [1.165, 1.54) is 0 Å². The Labute approximate surface area is 135 Å². The van der Waals surface area contributed by atoms with Crippen molar-refractivity contribution in [2.24, 2.45) is 4.99 Å². The predicted molar refractivity (Wildman–Crippen MR) is 94.1 cm³/mol. The first kappa shape index (κ1) is 15.3. The van der Waals surface area contributed by atoms with E-state index in [1.54, 1.807) is 12.3 Å². The Bertz CT molecular complexity index is 827. The van der Waals surface area contributed by atoms with Gasteiger partial charge in [-0.05, 0) is 29.3 Å². The van der Waals surface area contributed by atoms with Crippen molar-refractivity contribution < 1.29 is 10.2 Å². The van der Waals surface area contributed by atoms with Crippen LogP contribution >= 0.6 is 0 Å². The van der Waals surface area contributed by atoms with Gasteiger partial charge in [0.05, 0.1) is 6.04 Å². The molecule has 0 bridgehead atoms. The number of hydrogen-bond donors (Lipinski definition) is 2. The molecular weight excluding hydrogens is 286 g/mol. The van der Waals surface area contributed by atoms with Crippen LogP contribution in [0.25, 0.3) is 10.8 Å². The number of phenols is 1. The Morgan fingerprint density at radius 1 is 0.913 bits per heavy atom. The van der Waals surface area contributed by atoms with Crippen molar-refractivity contribution in [1.82, 2.24) is 0 Å². The highest BCUT2D eigenvalue weighted by Gasteiger charge is 2.14. The van der Waals surface area contributed by atoms with Gasteiger partial charge in [0.2, 0.25) is 0 Å². The van der Waals surface area contributed by atoms with Crippen molar-refractivity contribution in [3.05, 3.63) is 77.9 Å². The summed E-state index contributed by atoms with van der Waals surface area (Å²) in [4.78, 5) is 4.45. The molecule has 0 aliphatic rings. The van der Waals surface area contributed by atoms with Crippen LogP contribution in [0.4, 0.5) is 0 Å². The molecule has 0 aliphatic heterocycles. The lowest BCUT2D eigenvalue weighted by molar-refractivity contribution is 0.154. The van der Waals surface area contributed by atoms with E-state index >= 15 is 0 Å². The molecule has 0 spiro atoms. The Morgan fingerprint density at radius 3 is 2.39 bits per heavy atom. The Hall–Kier alpha value is -2.65. The molecule has 3 aromatic carbocycles. The van der Waals surface area contributed by atoms with Crippen LogP contribution < -0.4 is 0 Å². The highest BCUT2D eigenvalue weighted by Crippen LogP contribution is 2.26. The van der Waals surface area contributed by atoms with E-state index in [0.29, 0.717) is 5.56 Å².